The van der Waals surface area contributed by atoms with Gasteiger partial charge in [-0.25, -0.2) is 9.50 Å². The van der Waals surface area contributed by atoms with Crippen LogP contribution in [0.1, 0.15) is 16.2 Å². The Kier molecular flexibility index (Phi) is 3.23. The van der Waals surface area contributed by atoms with E-state index in [1.165, 1.54) is 0 Å². The molecule has 0 aliphatic carbocycles. The molecule has 1 aromatic carbocycles. The van der Waals surface area contributed by atoms with E-state index in [0.29, 0.717) is 11.3 Å². The average molecular weight is 331 g/mol. The predicted octanol–water partition coefficient (Wildman–Crippen LogP) is 3.05. The van der Waals surface area contributed by atoms with E-state index in [0.717, 1.165) is 15.9 Å². The van der Waals surface area contributed by atoms with E-state index in [2.05, 4.69) is 31.3 Å². The minimum Gasteiger partial charge on any atom is -0.321 e. The molecule has 5 nitrogen and oxygen atoms in total. The first-order valence-corrected chi connectivity index (χ1v) is 6.81. The van der Waals surface area contributed by atoms with Crippen LogP contribution in [0, 0.1) is 6.92 Å². The summed E-state index contributed by atoms with van der Waals surface area (Å²) in [5.74, 6) is -0.241. The molecule has 3 aromatic rings. The average Bonchev–Trinajstić information content (AvgIpc) is 2.87. The molecule has 0 saturated carbocycles. The highest BCUT2D eigenvalue weighted by atomic mass is 79.9. The number of nitrogens with one attached hydrogen (secondary N) is 1. The topological polar surface area (TPSA) is 59.3 Å². The van der Waals surface area contributed by atoms with Crippen LogP contribution in [-0.2, 0) is 0 Å². The first-order valence-electron chi connectivity index (χ1n) is 6.02. The number of hydrogen-bond acceptors (Lipinski definition) is 3. The van der Waals surface area contributed by atoms with E-state index in [1.807, 2.05) is 31.2 Å². The molecule has 0 aliphatic rings. The maximum Gasteiger partial charge on any atom is 0.274 e. The largest absolute Gasteiger partial charge is 0.321 e. The van der Waals surface area contributed by atoms with E-state index in [1.54, 1.807) is 22.8 Å². The molecule has 0 aliphatic heterocycles. The molecule has 20 heavy (non-hydrogen) atoms. The third-order valence-corrected chi connectivity index (χ3v) is 3.35. The van der Waals surface area contributed by atoms with Crippen LogP contribution in [0.5, 0.6) is 0 Å². The van der Waals surface area contributed by atoms with Crippen molar-refractivity contribution >= 4 is 33.2 Å². The number of hydrogen-bond donors (Lipinski definition) is 1. The Morgan fingerprint density at radius 2 is 2.15 bits per heavy atom. The quantitative estimate of drug-likeness (QED) is 0.785. The van der Waals surface area contributed by atoms with Gasteiger partial charge in [0, 0.05) is 21.9 Å². The summed E-state index contributed by atoms with van der Waals surface area (Å²) in [6.07, 6.45) is 1.66. The zero-order valence-electron chi connectivity index (χ0n) is 10.7. The molecule has 0 bridgehead atoms. The maximum absolute atomic E-state index is 12.2. The lowest BCUT2D eigenvalue weighted by atomic mass is 10.3. The van der Waals surface area contributed by atoms with E-state index < -0.39 is 0 Å². The van der Waals surface area contributed by atoms with Crippen LogP contribution in [0.2, 0.25) is 0 Å². The predicted molar refractivity (Wildman–Crippen MR) is 79.8 cm³/mol. The van der Waals surface area contributed by atoms with Crippen LogP contribution in [0.3, 0.4) is 0 Å². The monoisotopic (exact) mass is 330 g/mol. The third kappa shape index (κ3) is 2.42. The molecule has 3 rings (SSSR count). The van der Waals surface area contributed by atoms with Gasteiger partial charge in [0.1, 0.15) is 5.69 Å². The molecular formula is C14H11BrN4O. The van der Waals surface area contributed by atoms with Gasteiger partial charge >= 0.3 is 0 Å². The van der Waals surface area contributed by atoms with Gasteiger partial charge in [-0.2, -0.15) is 5.10 Å². The third-order valence-electron chi connectivity index (χ3n) is 2.85. The summed E-state index contributed by atoms with van der Waals surface area (Å²) < 4.78 is 2.60. The second-order valence-electron chi connectivity index (χ2n) is 4.35. The van der Waals surface area contributed by atoms with Gasteiger partial charge in [-0.1, -0.05) is 22.0 Å². The smallest absolute Gasteiger partial charge is 0.274 e. The van der Waals surface area contributed by atoms with Crippen molar-refractivity contribution in [3.63, 3.8) is 0 Å². The first kappa shape index (κ1) is 12.8. The van der Waals surface area contributed by atoms with Crippen molar-refractivity contribution in [2.75, 3.05) is 5.32 Å². The fourth-order valence-corrected chi connectivity index (χ4v) is 2.34. The second kappa shape index (κ2) is 5.05. The van der Waals surface area contributed by atoms with Gasteiger partial charge < -0.3 is 5.32 Å². The molecule has 6 heteroatoms. The molecule has 0 spiro atoms. The van der Waals surface area contributed by atoms with Crippen molar-refractivity contribution in [1.29, 1.82) is 0 Å². The Bertz CT molecular complexity index is 797. The highest BCUT2D eigenvalue weighted by molar-refractivity contribution is 9.10. The number of aromatic nitrogens is 3. The van der Waals surface area contributed by atoms with E-state index in [-0.39, 0.29) is 5.91 Å². The van der Waals surface area contributed by atoms with E-state index >= 15 is 0 Å². The summed E-state index contributed by atoms with van der Waals surface area (Å²) in [7, 11) is 0. The summed E-state index contributed by atoms with van der Waals surface area (Å²) in [6.45, 7) is 1.89. The number of carbonyl (C=O) groups is 1. The zero-order chi connectivity index (χ0) is 14.1. The molecule has 0 atom stereocenters. The lowest BCUT2D eigenvalue weighted by Crippen LogP contribution is -2.15. The highest BCUT2D eigenvalue weighted by Crippen LogP contribution is 2.16. The molecule has 0 fully saturated rings. The van der Waals surface area contributed by atoms with Crippen LogP contribution in [-0.4, -0.2) is 20.5 Å². The normalized spacial score (nSPS) is 10.7. The van der Waals surface area contributed by atoms with Crippen LogP contribution in [0.4, 0.5) is 5.69 Å². The van der Waals surface area contributed by atoms with Crippen molar-refractivity contribution in [3.05, 3.63) is 58.5 Å². The number of nitrogens with zero attached hydrogens (tertiary/aromatic N) is 3. The minimum atomic E-state index is -0.241. The van der Waals surface area contributed by atoms with Gasteiger partial charge in [0.2, 0.25) is 0 Å². The number of rotatable bonds is 2. The van der Waals surface area contributed by atoms with Gasteiger partial charge in [0.05, 0.1) is 6.20 Å². The lowest BCUT2D eigenvalue weighted by Gasteiger charge is -2.06. The fraction of sp³-hybridized carbons (Fsp3) is 0.0714. The number of benzene rings is 1. The number of fused-ring (bicyclic) bond motifs is 1. The molecule has 2 heterocycles. The molecule has 0 unspecified atom stereocenters. The Labute approximate surface area is 123 Å². The van der Waals surface area contributed by atoms with Crippen LogP contribution in [0.15, 0.2) is 47.1 Å². The van der Waals surface area contributed by atoms with Crippen LogP contribution < -0.4 is 5.32 Å². The van der Waals surface area contributed by atoms with Crippen molar-refractivity contribution in [2.45, 2.75) is 6.92 Å². The minimum absolute atomic E-state index is 0.241. The van der Waals surface area contributed by atoms with Crippen molar-refractivity contribution in [3.8, 4) is 0 Å². The van der Waals surface area contributed by atoms with Crippen molar-refractivity contribution in [2.24, 2.45) is 0 Å². The highest BCUT2D eigenvalue weighted by Gasteiger charge is 2.11. The van der Waals surface area contributed by atoms with Crippen molar-refractivity contribution < 1.29 is 4.79 Å². The standard InChI is InChI=1S/C14H11BrN4O/c1-9-7-12(18-13-5-6-16-19(9)13)14(20)17-11-4-2-3-10(15)8-11/h2-8H,1H3,(H,17,20). The Morgan fingerprint density at radius 1 is 1.30 bits per heavy atom. The van der Waals surface area contributed by atoms with Gasteiger partial charge in [-0.15, -0.1) is 0 Å². The van der Waals surface area contributed by atoms with Crippen LogP contribution >= 0.6 is 15.9 Å². The summed E-state index contributed by atoms with van der Waals surface area (Å²) >= 11 is 3.37. The Morgan fingerprint density at radius 3 is 2.95 bits per heavy atom. The molecule has 2 aromatic heterocycles. The van der Waals surface area contributed by atoms with Gasteiger partial charge in [0.15, 0.2) is 5.65 Å². The van der Waals surface area contributed by atoms with Crippen molar-refractivity contribution in [1.82, 2.24) is 14.6 Å². The number of aryl methyl sites for hydroxylation is 1. The summed E-state index contributed by atoms with van der Waals surface area (Å²) in [6, 6.07) is 10.9. The molecular weight excluding hydrogens is 320 g/mol. The molecule has 1 N–H and O–H groups in total. The summed E-state index contributed by atoms with van der Waals surface area (Å²) in [4.78, 5) is 16.5. The summed E-state index contributed by atoms with van der Waals surface area (Å²) in [5.41, 5.74) is 2.61. The molecule has 100 valence electrons. The molecule has 1 amide bonds. The van der Waals surface area contributed by atoms with Gasteiger partial charge in [-0.05, 0) is 31.2 Å². The lowest BCUT2D eigenvalue weighted by molar-refractivity contribution is 0.102. The number of carbonyl (C=O) groups excluding carboxylic acids is 1. The molecule has 0 saturated heterocycles. The van der Waals surface area contributed by atoms with E-state index in [9.17, 15) is 4.79 Å². The second-order valence-corrected chi connectivity index (χ2v) is 5.26. The number of anilines is 1. The molecule has 0 radical (unpaired) electrons. The number of halogens is 1. The SMILES string of the molecule is Cc1cc(C(=O)Nc2cccc(Br)c2)nc2ccnn12. The van der Waals surface area contributed by atoms with Crippen LogP contribution in [0.25, 0.3) is 5.65 Å². The zero-order valence-corrected chi connectivity index (χ0v) is 12.3. The van der Waals surface area contributed by atoms with E-state index in [4.69, 9.17) is 0 Å². The number of amides is 1. The van der Waals surface area contributed by atoms with Gasteiger partial charge in [-0.3, -0.25) is 4.79 Å². The Hall–Kier alpha value is -2.21. The maximum atomic E-state index is 12.2. The summed E-state index contributed by atoms with van der Waals surface area (Å²) in [5, 5.41) is 6.95. The van der Waals surface area contributed by atoms with Gasteiger partial charge in [0.25, 0.3) is 5.91 Å². The fourth-order valence-electron chi connectivity index (χ4n) is 1.95. The Balaban J connectivity index is 1.92. The first-order chi connectivity index (χ1) is 9.63.